The van der Waals surface area contributed by atoms with Crippen LogP contribution in [0.15, 0.2) is 16.9 Å². The molecule has 0 aliphatic carbocycles. The van der Waals surface area contributed by atoms with E-state index in [4.69, 9.17) is 0 Å². The lowest BCUT2D eigenvalue weighted by molar-refractivity contribution is 0.0600. The summed E-state index contributed by atoms with van der Waals surface area (Å²) in [4.78, 5) is 11.0. The van der Waals surface area contributed by atoms with Crippen molar-refractivity contribution in [3.63, 3.8) is 0 Å². The van der Waals surface area contributed by atoms with Crippen LogP contribution in [0.4, 0.5) is 0 Å². The Morgan fingerprint density at radius 1 is 1.75 bits per heavy atom. The highest BCUT2D eigenvalue weighted by Crippen LogP contribution is 2.15. The third kappa shape index (κ3) is 1.69. The molecule has 4 heteroatoms. The molecule has 0 saturated heterocycles. The van der Waals surface area contributed by atoms with E-state index in [9.17, 15) is 4.79 Å². The average molecular weight is 232 g/mol. The Bertz CT molecular complexity index is 293. The Kier molecular flexibility index (Phi) is 2.92. The fourth-order valence-electron chi connectivity index (χ4n) is 0.950. The summed E-state index contributed by atoms with van der Waals surface area (Å²) < 4.78 is 7.39. The second kappa shape index (κ2) is 3.76. The summed E-state index contributed by atoms with van der Waals surface area (Å²) in [5, 5.41) is 0. The lowest BCUT2D eigenvalue weighted by atomic mass is 10.3. The summed E-state index contributed by atoms with van der Waals surface area (Å²) in [5.41, 5.74) is 0.575. The largest absolute Gasteiger partial charge is 0.465 e. The first kappa shape index (κ1) is 9.32. The quantitative estimate of drug-likeness (QED) is 0.730. The molecule has 1 aromatic heterocycles. The molecule has 0 atom stereocenters. The second-order valence-corrected chi connectivity index (χ2v) is 3.14. The fourth-order valence-corrected chi connectivity index (χ4v) is 1.55. The Labute approximate surface area is 79.5 Å². The van der Waals surface area contributed by atoms with Gasteiger partial charge in [0, 0.05) is 12.7 Å². The number of rotatable bonds is 2. The first-order valence-electron chi connectivity index (χ1n) is 3.63. The van der Waals surface area contributed by atoms with Crippen LogP contribution in [0.25, 0.3) is 0 Å². The summed E-state index contributed by atoms with van der Waals surface area (Å²) in [5.74, 6) is -0.303. The lowest BCUT2D eigenvalue weighted by Crippen LogP contribution is -1.99. The summed E-state index contributed by atoms with van der Waals surface area (Å²) in [7, 11) is 1.37. The number of carbonyl (C=O) groups is 1. The van der Waals surface area contributed by atoms with E-state index in [1.807, 2.05) is 11.5 Å². The normalized spacial score (nSPS) is 9.92. The Balaban J connectivity index is 2.96. The van der Waals surface area contributed by atoms with Gasteiger partial charge in [-0.1, -0.05) is 0 Å². The third-order valence-electron chi connectivity index (χ3n) is 1.61. The summed E-state index contributed by atoms with van der Waals surface area (Å²) >= 11 is 3.33. The molecule has 0 amide bonds. The van der Waals surface area contributed by atoms with Crippen molar-refractivity contribution in [3.8, 4) is 0 Å². The zero-order valence-corrected chi connectivity index (χ0v) is 8.59. The van der Waals surface area contributed by atoms with Gasteiger partial charge in [-0.3, -0.25) is 0 Å². The third-order valence-corrected chi connectivity index (χ3v) is 2.29. The predicted molar refractivity (Wildman–Crippen MR) is 49.1 cm³/mol. The van der Waals surface area contributed by atoms with Crippen molar-refractivity contribution in [1.29, 1.82) is 0 Å². The van der Waals surface area contributed by atoms with Crippen LogP contribution in [0.3, 0.4) is 0 Å². The van der Waals surface area contributed by atoms with Gasteiger partial charge >= 0.3 is 5.97 Å². The number of aromatic nitrogens is 1. The van der Waals surface area contributed by atoms with Gasteiger partial charge < -0.3 is 9.30 Å². The van der Waals surface area contributed by atoms with Crippen molar-refractivity contribution in [2.75, 3.05) is 7.11 Å². The molecule has 0 aromatic carbocycles. The van der Waals surface area contributed by atoms with Crippen molar-refractivity contribution in [1.82, 2.24) is 4.57 Å². The van der Waals surface area contributed by atoms with E-state index in [1.54, 1.807) is 12.3 Å². The molecule has 0 fully saturated rings. The smallest absolute Gasteiger partial charge is 0.339 e. The molecule has 12 heavy (non-hydrogen) atoms. The average Bonchev–Trinajstić information content (AvgIpc) is 2.45. The van der Waals surface area contributed by atoms with E-state index in [2.05, 4.69) is 20.7 Å². The van der Waals surface area contributed by atoms with E-state index in [-0.39, 0.29) is 5.97 Å². The Morgan fingerprint density at radius 2 is 2.42 bits per heavy atom. The zero-order valence-electron chi connectivity index (χ0n) is 7.00. The molecule has 0 N–H and O–H groups in total. The standard InChI is InChI=1S/C8H10BrNO2/c1-3-10-5-6(4-7(10)9)8(11)12-2/h4-5H,3H2,1-2H3. The topological polar surface area (TPSA) is 31.2 Å². The molecular formula is C8H10BrNO2. The molecule has 0 aliphatic heterocycles. The second-order valence-electron chi connectivity index (χ2n) is 2.33. The summed E-state index contributed by atoms with van der Waals surface area (Å²) in [6, 6.07) is 1.75. The van der Waals surface area contributed by atoms with Crippen LogP contribution >= 0.6 is 15.9 Å². The summed E-state index contributed by atoms with van der Waals surface area (Å²) in [6.45, 7) is 2.84. The van der Waals surface area contributed by atoms with Crippen molar-refractivity contribution in [2.24, 2.45) is 0 Å². The fraction of sp³-hybridized carbons (Fsp3) is 0.375. The number of aryl methyl sites for hydroxylation is 1. The molecule has 0 radical (unpaired) electrons. The molecule has 3 nitrogen and oxygen atoms in total. The lowest BCUT2D eigenvalue weighted by Gasteiger charge is -1.96. The number of halogens is 1. The number of ether oxygens (including phenoxy) is 1. The highest BCUT2D eigenvalue weighted by Gasteiger charge is 2.09. The van der Waals surface area contributed by atoms with E-state index in [0.29, 0.717) is 5.56 Å². The number of nitrogens with zero attached hydrogens (tertiary/aromatic N) is 1. The van der Waals surface area contributed by atoms with E-state index >= 15 is 0 Å². The molecule has 0 bridgehead atoms. The van der Waals surface area contributed by atoms with E-state index in [1.165, 1.54) is 7.11 Å². The van der Waals surface area contributed by atoms with E-state index < -0.39 is 0 Å². The minimum atomic E-state index is -0.303. The van der Waals surface area contributed by atoms with Gasteiger partial charge in [-0.25, -0.2) is 4.79 Å². The van der Waals surface area contributed by atoms with Crippen LogP contribution in [0.2, 0.25) is 0 Å². The van der Waals surface area contributed by atoms with Crippen molar-refractivity contribution in [2.45, 2.75) is 13.5 Å². The van der Waals surface area contributed by atoms with Crippen LogP contribution in [-0.2, 0) is 11.3 Å². The highest BCUT2D eigenvalue weighted by atomic mass is 79.9. The van der Waals surface area contributed by atoms with Crippen LogP contribution in [-0.4, -0.2) is 17.6 Å². The number of hydrogen-bond acceptors (Lipinski definition) is 2. The molecule has 0 spiro atoms. The first-order chi connectivity index (χ1) is 5.69. The maximum Gasteiger partial charge on any atom is 0.339 e. The number of carbonyl (C=O) groups excluding carboxylic acids is 1. The number of hydrogen-bond donors (Lipinski definition) is 0. The van der Waals surface area contributed by atoms with Crippen LogP contribution in [0, 0.1) is 0 Å². The Hall–Kier alpha value is -0.770. The SMILES string of the molecule is CCn1cc(C(=O)OC)cc1Br. The zero-order chi connectivity index (χ0) is 9.14. The molecule has 1 aromatic rings. The number of methoxy groups -OCH3 is 1. The maximum absolute atomic E-state index is 11.0. The molecule has 0 aliphatic rings. The van der Waals surface area contributed by atoms with Crippen molar-refractivity contribution < 1.29 is 9.53 Å². The molecule has 0 unspecified atom stereocenters. The van der Waals surface area contributed by atoms with Crippen LogP contribution in [0.5, 0.6) is 0 Å². The van der Waals surface area contributed by atoms with Crippen molar-refractivity contribution >= 4 is 21.9 Å². The van der Waals surface area contributed by atoms with Gasteiger partial charge in [-0.05, 0) is 28.9 Å². The summed E-state index contributed by atoms with van der Waals surface area (Å²) in [6.07, 6.45) is 1.76. The van der Waals surface area contributed by atoms with Gasteiger partial charge in [0.2, 0.25) is 0 Å². The van der Waals surface area contributed by atoms with Crippen LogP contribution < -0.4 is 0 Å². The Morgan fingerprint density at radius 3 is 2.83 bits per heavy atom. The van der Waals surface area contributed by atoms with E-state index in [0.717, 1.165) is 11.1 Å². The first-order valence-corrected chi connectivity index (χ1v) is 4.42. The predicted octanol–water partition coefficient (Wildman–Crippen LogP) is 2.06. The van der Waals surface area contributed by atoms with Gasteiger partial charge in [0.25, 0.3) is 0 Å². The van der Waals surface area contributed by atoms with Gasteiger partial charge in [-0.2, -0.15) is 0 Å². The van der Waals surface area contributed by atoms with Gasteiger partial charge in [0.1, 0.15) is 0 Å². The molecular weight excluding hydrogens is 222 g/mol. The molecule has 66 valence electrons. The van der Waals surface area contributed by atoms with Gasteiger partial charge in [0.15, 0.2) is 0 Å². The van der Waals surface area contributed by atoms with Gasteiger partial charge in [-0.15, -0.1) is 0 Å². The number of esters is 1. The minimum absolute atomic E-state index is 0.303. The molecule has 1 heterocycles. The van der Waals surface area contributed by atoms with Crippen molar-refractivity contribution in [3.05, 3.63) is 22.4 Å². The minimum Gasteiger partial charge on any atom is -0.465 e. The molecule has 0 saturated carbocycles. The van der Waals surface area contributed by atoms with Gasteiger partial charge in [0.05, 0.1) is 17.3 Å². The molecule has 1 rings (SSSR count). The highest BCUT2D eigenvalue weighted by molar-refractivity contribution is 9.10. The van der Waals surface area contributed by atoms with Crippen LogP contribution in [0.1, 0.15) is 17.3 Å². The monoisotopic (exact) mass is 231 g/mol. The maximum atomic E-state index is 11.0.